The summed E-state index contributed by atoms with van der Waals surface area (Å²) in [5.74, 6) is -0.696. The number of hydrogen-bond donors (Lipinski definition) is 0. The molecule has 0 spiro atoms. The molecule has 1 aromatic carbocycles. The number of benzene rings is 1. The molecule has 0 saturated heterocycles. The van der Waals surface area contributed by atoms with Crippen LogP contribution in [0.4, 0.5) is 4.39 Å². The van der Waals surface area contributed by atoms with Gasteiger partial charge in [0.25, 0.3) is 5.89 Å². The van der Waals surface area contributed by atoms with Crippen LogP contribution in [0, 0.1) is 5.82 Å². The Morgan fingerprint density at radius 1 is 1.22 bits per heavy atom. The number of hydrogen-bond acceptors (Lipinski definition) is 4. The van der Waals surface area contributed by atoms with Gasteiger partial charge in [0, 0.05) is 0 Å². The van der Waals surface area contributed by atoms with Crippen LogP contribution in [0.3, 0.4) is 0 Å². The summed E-state index contributed by atoms with van der Waals surface area (Å²) in [7, 11) is 0. The van der Waals surface area contributed by atoms with E-state index in [1.165, 1.54) is 35.6 Å². The average molecular weight is 262 g/mol. The van der Waals surface area contributed by atoms with Crippen molar-refractivity contribution < 1.29 is 8.81 Å². The van der Waals surface area contributed by atoms with E-state index in [1.54, 1.807) is 0 Å². The summed E-state index contributed by atoms with van der Waals surface area (Å²) in [5.41, 5.74) is 0.466. The van der Waals surface area contributed by atoms with E-state index in [1.807, 2.05) is 17.5 Å². The van der Waals surface area contributed by atoms with Gasteiger partial charge in [0.1, 0.15) is 5.82 Å². The molecule has 2 heterocycles. The Bertz CT molecular complexity index is 713. The van der Waals surface area contributed by atoms with Crippen molar-refractivity contribution in [2.75, 3.05) is 0 Å². The molecule has 0 aliphatic rings. The van der Waals surface area contributed by atoms with Crippen molar-refractivity contribution in [3.05, 3.63) is 58.1 Å². The van der Waals surface area contributed by atoms with Crippen LogP contribution in [0.1, 0.15) is 0 Å². The second-order valence-corrected chi connectivity index (χ2v) is 4.49. The lowest BCUT2D eigenvalue weighted by atomic mass is 10.3. The Labute approximate surface area is 105 Å². The molecule has 0 N–H and O–H groups in total. The van der Waals surface area contributed by atoms with Gasteiger partial charge in [0.2, 0.25) is 0 Å². The molecule has 0 saturated carbocycles. The summed E-state index contributed by atoms with van der Waals surface area (Å²) in [6.45, 7) is 0. The first-order chi connectivity index (χ1) is 8.74. The van der Waals surface area contributed by atoms with Crippen LogP contribution in [-0.4, -0.2) is 9.78 Å². The summed E-state index contributed by atoms with van der Waals surface area (Å²) in [6, 6.07) is 9.12. The van der Waals surface area contributed by atoms with Crippen LogP contribution in [0.2, 0.25) is 0 Å². The lowest BCUT2D eigenvalue weighted by molar-refractivity contribution is 0.517. The maximum atomic E-state index is 12.8. The molecule has 4 nitrogen and oxygen atoms in total. The van der Waals surface area contributed by atoms with Gasteiger partial charge in [-0.25, -0.2) is 9.18 Å². The van der Waals surface area contributed by atoms with Gasteiger partial charge < -0.3 is 4.42 Å². The number of aromatic nitrogens is 2. The van der Waals surface area contributed by atoms with Crippen LogP contribution >= 0.6 is 11.3 Å². The number of thiophene rings is 1. The van der Waals surface area contributed by atoms with Crippen molar-refractivity contribution in [1.29, 1.82) is 0 Å². The number of rotatable bonds is 2. The molecule has 0 unspecified atom stereocenters. The summed E-state index contributed by atoms with van der Waals surface area (Å²) < 4.78 is 19.0. The van der Waals surface area contributed by atoms with E-state index in [9.17, 15) is 9.18 Å². The van der Waals surface area contributed by atoms with Gasteiger partial charge in [-0.3, -0.25) is 0 Å². The first kappa shape index (κ1) is 10.9. The monoisotopic (exact) mass is 262 g/mol. The van der Waals surface area contributed by atoms with Crippen molar-refractivity contribution >= 4 is 11.3 Å². The van der Waals surface area contributed by atoms with E-state index in [2.05, 4.69) is 5.10 Å². The molecule has 0 radical (unpaired) electrons. The molecule has 0 aliphatic heterocycles. The number of nitrogens with zero attached hydrogens (tertiary/aromatic N) is 2. The van der Waals surface area contributed by atoms with Gasteiger partial charge in [0.15, 0.2) is 0 Å². The largest absolute Gasteiger partial charge is 0.442 e. The third-order valence-corrected chi connectivity index (χ3v) is 3.21. The molecule has 18 heavy (non-hydrogen) atoms. The zero-order valence-electron chi connectivity index (χ0n) is 9.04. The standard InChI is InChI=1S/C12H7FN2O2S/c13-8-3-5-9(6-4-8)15-12(16)17-11(14-15)10-2-1-7-18-10/h1-7H. The predicted molar refractivity (Wildman–Crippen MR) is 65.4 cm³/mol. The second-order valence-electron chi connectivity index (χ2n) is 3.54. The molecule has 0 bridgehead atoms. The first-order valence-corrected chi connectivity index (χ1v) is 6.02. The predicted octanol–water partition coefficient (Wildman–Crippen LogP) is 2.69. The van der Waals surface area contributed by atoms with Gasteiger partial charge >= 0.3 is 5.76 Å². The van der Waals surface area contributed by atoms with Crippen LogP contribution in [0.5, 0.6) is 0 Å². The summed E-state index contributed by atoms with van der Waals surface area (Å²) in [4.78, 5) is 12.4. The maximum absolute atomic E-state index is 12.8. The minimum atomic E-state index is -0.593. The average Bonchev–Trinajstić information content (AvgIpc) is 2.99. The fraction of sp³-hybridized carbons (Fsp3) is 0. The fourth-order valence-corrected chi connectivity index (χ4v) is 2.17. The van der Waals surface area contributed by atoms with Gasteiger partial charge in [-0.15, -0.1) is 16.4 Å². The normalized spacial score (nSPS) is 10.7. The quantitative estimate of drug-likeness (QED) is 0.713. The summed E-state index contributed by atoms with van der Waals surface area (Å²) in [6.07, 6.45) is 0. The summed E-state index contributed by atoms with van der Waals surface area (Å²) in [5, 5.41) is 5.94. The molecular weight excluding hydrogens is 255 g/mol. The Hall–Kier alpha value is -2.21. The van der Waals surface area contributed by atoms with Gasteiger partial charge in [-0.05, 0) is 35.7 Å². The minimum Gasteiger partial charge on any atom is -0.386 e. The van der Waals surface area contributed by atoms with Crippen LogP contribution < -0.4 is 5.76 Å². The molecule has 6 heteroatoms. The molecule has 3 aromatic rings. The molecular formula is C12H7FN2O2S. The van der Waals surface area contributed by atoms with Gasteiger partial charge in [-0.1, -0.05) is 6.07 Å². The van der Waals surface area contributed by atoms with Gasteiger partial charge in [0.05, 0.1) is 10.6 Å². The molecule has 0 amide bonds. The van der Waals surface area contributed by atoms with Crippen molar-refractivity contribution in [3.63, 3.8) is 0 Å². The smallest absolute Gasteiger partial charge is 0.386 e. The summed E-state index contributed by atoms with van der Waals surface area (Å²) >= 11 is 1.43. The highest BCUT2D eigenvalue weighted by molar-refractivity contribution is 7.13. The van der Waals surface area contributed by atoms with Crippen molar-refractivity contribution in [3.8, 4) is 16.5 Å². The Balaban J connectivity index is 2.09. The van der Waals surface area contributed by atoms with E-state index < -0.39 is 5.76 Å². The van der Waals surface area contributed by atoms with Crippen LogP contribution in [-0.2, 0) is 0 Å². The zero-order valence-corrected chi connectivity index (χ0v) is 9.86. The van der Waals surface area contributed by atoms with E-state index in [4.69, 9.17) is 4.42 Å². The molecule has 2 aromatic heterocycles. The van der Waals surface area contributed by atoms with Crippen LogP contribution in [0.15, 0.2) is 51.0 Å². The van der Waals surface area contributed by atoms with E-state index in [-0.39, 0.29) is 11.7 Å². The first-order valence-electron chi connectivity index (χ1n) is 5.14. The minimum absolute atomic E-state index is 0.263. The fourth-order valence-electron chi connectivity index (χ4n) is 1.52. The highest BCUT2D eigenvalue weighted by Gasteiger charge is 2.12. The second kappa shape index (κ2) is 4.23. The van der Waals surface area contributed by atoms with Crippen molar-refractivity contribution in [2.24, 2.45) is 0 Å². The molecule has 0 fully saturated rings. The van der Waals surface area contributed by atoms with Crippen LogP contribution in [0.25, 0.3) is 16.5 Å². The molecule has 3 rings (SSSR count). The Kier molecular flexibility index (Phi) is 2.56. The Morgan fingerprint density at radius 2 is 2.00 bits per heavy atom. The topological polar surface area (TPSA) is 48.0 Å². The SMILES string of the molecule is O=c1oc(-c2cccs2)nn1-c1ccc(F)cc1. The Morgan fingerprint density at radius 3 is 2.67 bits per heavy atom. The van der Waals surface area contributed by atoms with Crippen molar-refractivity contribution in [1.82, 2.24) is 9.78 Å². The maximum Gasteiger partial charge on any atom is 0.442 e. The zero-order chi connectivity index (χ0) is 12.5. The van der Waals surface area contributed by atoms with E-state index in [0.717, 1.165) is 9.56 Å². The highest BCUT2D eigenvalue weighted by Crippen LogP contribution is 2.21. The lowest BCUT2D eigenvalue weighted by Gasteiger charge is -1.96. The van der Waals surface area contributed by atoms with Crippen molar-refractivity contribution in [2.45, 2.75) is 0 Å². The third-order valence-electron chi connectivity index (χ3n) is 2.35. The van der Waals surface area contributed by atoms with E-state index >= 15 is 0 Å². The molecule has 90 valence electrons. The molecule has 0 atom stereocenters. The highest BCUT2D eigenvalue weighted by atomic mass is 32.1. The lowest BCUT2D eigenvalue weighted by Crippen LogP contribution is -2.13. The van der Waals surface area contributed by atoms with Gasteiger partial charge in [-0.2, -0.15) is 4.68 Å². The molecule has 0 aliphatic carbocycles. The number of halogens is 1. The van der Waals surface area contributed by atoms with E-state index in [0.29, 0.717) is 5.69 Å². The third kappa shape index (κ3) is 1.86.